The van der Waals surface area contributed by atoms with Gasteiger partial charge >= 0.3 is 0 Å². The fraction of sp³-hybridized carbons (Fsp3) is 0.375. The van der Waals surface area contributed by atoms with E-state index in [4.69, 9.17) is 9.72 Å². The van der Waals surface area contributed by atoms with Gasteiger partial charge in [0, 0.05) is 43.8 Å². The highest BCUT2D eigenvalue weighted by atomic mass is 32.2. The van der Waals surface area contributed by atoms with Gasteiger partial charge in [-0.2, -0.15) is 0 Å². The number of rotatable bonds is 4. The maximum absolute atomic E-state index is 11.7. The summed E-state index contributed by atoms with van der Waals surface area (Å²) >= 11 is 1.71. The second kappa shape index (κ2) is 8.73. The number of benzene rings is 2. The molecule has 2 aromatic carbocycles. The van der Waals surface area contributed by atoms with Crippen molar-refractivity contribution in [2.75, 3.05) is 42.7 Å². The summed E-state index contributed by atoms with van der Waals surface area (Å²) < 4.78 is 28.8. The van der Waals surface area contributed by atoms with Crippen molar-refractivity contribution in [2.45, 2.75) is 18.8 Å². The Balaban J connectivity index is 1.32. The first kappa shape index (κ1) is 20.7. The summed E-state index contributed by atoms with van der Waals surface area (Å²) in [5, 5.41) is 1.04. The van der Waals surface area contributed by atoms with Gasteiger partial charge in [-0.05, 0) is 48.1 Å². The molecule has 0 amide bonds. The minimum Gasteiger partial charge on any atom is -0.381 e. The molecule has 2 aliphatic heterocycles. The highest BCUT2D eigenvalue weighted by Gasteiger charge is 2.22. The summed E-state index contributed by atoms with van der Waals surface area (Å²) in [5.74, 6) is 1.05. The first-order chi connectivity index (χ1) is 15.1. The summed E-state index contributed by atoms with van der Waals surface area (Å²) in [7, 11) is -2.86. The molecule has 5 rings (SSSR count). The molecule has 7 heteroatoms. The number of anilines is 1. The van der Waals surface area contributed by atoms with Crippen LogP contribution in [0.5, 0.6) is 0 Å². The molecule has 3 aromatic rings. The van der Waals surface area contributed by atoms with Crippen LogP contribution >= 0.6 is 11.3 Å². The summed E-state index contributed by atoms with van der Waals surface area (Å²) in [6, 6.07) is 17.2. The largest absolute Gasteiger partial charge is 0.381 e. The minimum absolute atomic E-state index is 0.236. The van der Waals surface area contributed by atoms with Gasteiger partial charge in [-0.15, -0.1) is 11.3 Å². The number of ether oxygens (including phenoxy) is 1. The first-order valence-corrected chi connectivity index (χ1v) is 13.4. The number of nitrogens with zero attached hydrogens (tertiary/aromatic N) is 2. The highest BCUT2D eigenvalue weighted by Crippen LogP contribution is 2.35. The van der Waals surface area contributed by atoms with E-state index in [1.54, 1.807) is 11.3 Å². The molecule has 1 aromatic heterocycles. The Hall–Kier alpha value is -2.22. The summed E-state index contributed by atoms with van der Waals surface area (Å²) in [6.07, 6.45) is 4.12. The van der Waals surface area contributed by atoms with Crippen molar-refractivity contribution in [2.24, 2.45) is 0 Å². The Kier molecular flexibility index (Phi) is 5.82. The molecule has 0 bridgehead atoms. The normalized spacial score (nSPS) is 19.4. The number of hydrogen-bond acceptors (Lipinski definition) is 6. The molecule has 162 valence electrons. The van der Waals surface area contributed by atoms with Crippen LogP contribution in [0.1, 0.15) is 24.3 Å². The summed E-state index contributed by atoms with van der Waals surface area (Å²) in [6.45, 7) is 2.82. The molecule has 0 saturated carbocycles. The monoisotopic (exact) mass is 454 g/mol. The van der Waals surface area contributed by atoms with Gasteiger partial charge in [0.05, 0.1) is 16.4 Å². The number of thiazole rings is 1. The van der Waals surface area contributed by atoms with E-state index in [9.17, 15) is 8.42 Å². The average molecular weight is 455 g/mol. The van der Waals surface area contributed by atoms with Crippen LogP contribution in [-0.4, -0.2) is 51.2 Å². The second-order valence-electron chi connectivity index (χ2n) is 8.23. The Morgan fingerprint density at radius 1 is 0.968 bits per heavy atom. The predicted molar refractivity (Wildman–Crippen MR) is 127 cm³/mol. The lowest BCUT2D eigenvalue weighted by molar-refractivity contribution is 0.0853. The van der Waals surface area contributed by atoms with Crippen molar-refractivity contribution in [3.05, 3.63) is 60.3 Å². The predicted octanol–water partition coefficient (Wildman–Crippen LogP) is 4.61. The van der Waals surface area contributed by atoms with E-state index in [1.165, 1.54) is 11.1 Å². The zero-order valence-corrected chi connectivity index (χ0v) is 19.0. The van der Waals surface area contributed by atoms with Crippen LogP contribution in [0.15, 0.2) is 54.7 Å². The molecule has 2 saturated heterocycles. The maximum Gasteiger partial charge on any atom is 0.153 e. The Bertz CT molecular complexity index is 1140. The number of sulfone groups is 1. The van der Waals surface area contributed by atoms with Crippen LogP contribution in [0.3, 0.4) is 0 Å². The lowest BCUT2D eigenvalue weighted by Crippen LogP contribution is -2.40. The standard InChI is InChI=1S/C24H26N2O3S2/c27-31(28)14-10-26(11-15-31)22-6-4-19(5-7-22)23-17-25-24(30-23)21-3-1-2-20(16-21)18-8-12-29-13-9-18/h1-7,16-18H,8-15H2. The molecule has 2 fully saturated rings. The zero-order chi connectivity index (χ0) is 21.3. The fourth-order valence-electron chi connectivity index (χ4n) is 4.30. The smallest absolute Gasteiger partial charge is 0.153 e. The molecule has 31 heavy (non-hydrogen) atoms. The van der Waals surface area contributed by atoms with Crippen LogP contribution in [-0.2, 0) is 14.6 Å². The second-order valence-corrected chi connectivity index (χ2v) is 11.6. The van der Waals surface area contributed by atoms with Crippen molar-refractivity contribution >= 4 is 26.9 Å². The van der Waals surface area contributed by atoms with Crippen molar-refractivity contribution < 1.29 is 13.2 Å². The van der Waals surface area contributed by atoms with Gasteiger partial charge in [0.2, 0.25) is 0 Å². The molecule has 0 unspecified atom stereocenters. The fourth-order valence-corrected chi connectivity index (χ4v) is 6.42. The average Bonchev–Trinajstić information content (AvgIpc) is 3.30. The molecular formula is C24H26N2O3S2. The molecule has 5 nitrogen and oxygen atoms in total. The van der Waals surface area contributed by atoms with E-state index in [0.717, 1.165) is 47.2 Å². The van der Waals surface area contributed by atoms with E-state index in [1.807, 2.05) is 6.20 Å². The topological polar surface area (TPSA) is 59.5 Å². The van der Waals surface area contributed by atoms with E-state index in [-0.39, 0.29) is 11.5 Å². The molecule has 0 aliphatic carbocycles. The van der Waals surface area contributed by atoms with Crippen LogP contribution in [0, 0.1) is 0 Å². The summed E-state index contributed by atoms with van der Waals surface area (Å²) in [4.78, 5) is 7.98. The van der Waals surface area contributed by atoms with E-state index >= 15 is 0 Å². The minimum atomic E-state index is -2.86. The lowest BCUT2D eigenvalue weighted by Gasteiger charge is -2.28. The Morgan fingerprint density at radius 3 is 2.45 bits per heavy atom. The zero-order valence-electron chi connectivity index (χ0n) is 17.4. The van der Waals surface area contributed by atoms with Crippen molar-refractivity contribution in [3.8, 4) is 21.0 Å². The molecule has 0 spiro atoms. The SMILES string of the molecule is O=S1(=O)CCN(c2ccc(-c3cnc(-c4cccc(C5CCOCC5)c4)s3)cc2)CC1. The van der Waals surface area contributed by atoms with Crippen LogP contribution in [0.25, 0.3) is 21.0 Å². The van der Waals surface area contributed by atoms with E-state index in [0.29, 0.717) is 19.0 Å². The van der Waals surface area contributed by atoms with Crippen LogP contribution in [0.2, 0.25) is 0 Å². The van der Waals surface area contributed by atoms with E-state index < -0.39 is 9.84 Å². The molecule has 2 aliphatic rings. The van der Waals surface area contributed by atoms with E-state index in [2.05, 4.69) is 53.4 Å². The Morgan fingerprint density at radius 2 is 1.71 bits per heavy atom. The molecule has 0 radical (unpaired) electrons. The molecule has 3 heterocycles. The van der Waals surface area contributed by atoms with Crippen molar-refractivity contribution in [1.82, 2.24) is 4.98 Å². The van der Waals surface area contributed by atoms with Gasteiger partial charge in [0.15, 0.2) is 9.84 Å². The highest BCUT2D eigenvalue weighted by molar-refractivity contribution is 7.91. The quantitative estimate of drug-likeness (QED) is 0.576. The Labute approximate surface area is 187 Å². The van der Waals surface area contributed by atoms with Crippen molar-refractivity contribution in [1.29, 1.82) is 0 Å². The van der Waals surface area contributed by atoms with Crippen molar-refractivity contribution in [3.63, 3.8) is 0 Å². The summed E-state index contributed by atoms with van der Waals surface area (Å²) in [5.41, 5.74) is 4.77. The van der Waals surface area contributed by atoms with Gasteiger partial charge in [-0.25, -0.2) is 13.4 Å². The molecular weight excluding hydrogens is 428 g/mol. The van der Waals surface area contributed by atoms with Gasteiger partial charge < -0.3 is 9.64 Å². The van der Waals surface area contributed by atoms with Gasteiger partial charge in [0.25, 0.3) is 0 Å². The van der Waals surface area contributed by atoms with Gasteiger partial charge in [0.1, 0.15) is 5.01 Å². The third-order valence-corrected chi connectivity index (χ3v) is 8.90. The maximum atomic E-state index is 11.7. The third kappa shape index (κ3) is 4.68. The number of hydrogen-bond donors (Lipinski definition) is 0. The molecule has 0 N–H and O–H groups in total. The third-order valence-electron chi connectivity index (χ3n) is 6.19. The number of aromatic nitrogens is 1. The van der Waals surface area contributed by atoms with Gasteiger partial charge in [-0.3, -0.25) is 0 Å². The van der Waals surface area contributed by atoms with Crippen LogP contribution in [0.4, 0.5) is 5.69 Å². The lowest BCUT2D eigenvalue weighted by atomic mass is 9.91. The van der Waals surface area contributed by atoms with Crippen LogP contribution < -0.4 is 4.90 Å². The molecule has 0 atom stereocenters. The van der Waals surface area contributed by atoms with Gasteiger partial charge in [-0.1, -0.05) is 30.3 Å². The first-order valence-electron chi connectivity index (χ1n) is 10.8.